The molecule has 82 valence electrons. The van der Waals surface area contributed by atoms with Gasteiger partial charge in [-0.15, -0.1) is 11.6 Å². The normalized spacial score (nSPS) is 10.2. The van der Waals surface area contributed by atoms with Crippen LogP contribution in [-0.4, -0.2) is 11.8 Å². The predicted molar refractivity (Wildman–Crippen MR) is 67.7 cm³/mol. The van der Waals surface area contributed by atoms with E-state index in [-0.39, 0.29) is 11.8 Å². The van der Waals surface area contributed by atoms with E-state index in [1.807, 2.05) is 26.8 Å². The van der Waals surface area contributed by atoms with E-state index >= 15 is 0 Å². The average Bonchev–Trinajstić information content (AvgIpc) is 2.21. The molecule has 15 heavy (non-hydrogen) atoms. The third kappa shape index (κ3) is 2.73. The molecule has 0 aliphatic heterocycles. The highest BCUT2D eigenvalue weighted by atomic mass is 79.9. The van der Waals surface area contributed by atoms with Crippen molar-refractivity contribution in [2.45, 2.75) is 20.8 Å². The van der Waals surface area contributed by atoms with E-state index in [2.05, 4.69) is 21.2 Å². The van der Waals surface area contributed by atoms with E-state index in [1.54, 1.807) is 0 Å². The number of carbonyl (C=O) groups excluding carboxylic acids is 1. The minimum Gasteiger partial charge on any atom is -0.325 e. The van der Waals surface area contributed by atoms with Crippen LogP contribution in [-0.2, 0) is 4.79 Å². The van der Waals surface area contributed by atoms with Crippen LogP contribution < -0.4 is 5.32 Å². The Kier molecular flexibility index (Phi) is 4.17. The quantitative estimate of drug-likeness (QED) is 0.829. The van der Waals surface area contributed by atoms with E-state index < -0.39 is 0 Å². The molecule has 1 amide bonds. The summed E-state index contributed by atoms with van der Waals surface area (Å²) < 4.78 is 1.03. The number of nitrogens with one attached hydrogen (secondary N) is 1. The van der Waals surface area contributed by atoms with Gasteiger partial charge in [-0.25, -0.2) is 0 Å². The average molecular weight is 291 g/mol. The van der Waals surface area contributed by atoms with Crippen LogP contribution in [0.1, 0.15) is 16.7 Å². The lowest BCUT2D eigenvalue weighted by atomic mass is 10.1. The molecule has 0 saturated heterocycles. The van der Waals surface area contributed by atoms with Gasteiger partial charge in [0.15, 0.2) is 0 Å². The van der Waals surface area contributed by atoms with E-state index in [4.69, 9.17) is 11.6 Å². The molecule has 1 N–H and O–H groups in total. The van der Waals surface area contributed by atoms with E-state index in [9.17, 15) is 4.79 Å². The zero-order chi connectivity index (χ0) is 11.6. The highest BCUT2D eigenvalue weighted by Gasteiger charge is 2.10. The van der Waals surface area contributed by atoms with Gasteiger partial charge in [0.2, 0.25) is 5.91 Å². The number of alkyl halides is 1. The lowest BCUT2D eigenvalue weighted by Crippen LogP contribution is -2.14. The van der Waals surface area contributed by atoms with E-state index in [0.29, 0.717) is 0 Å². The van der Waals surface area contributed by atoms with Gasteiger partial charge in [0.25, 0.3) is 0 Å². The number of hydrogen-bond donors (Lipinski definition) is 1. The molecule has 1 rings (SSSR count). The lowest BCUT2D eigenvalue weighted by molar-refractivity contribution is -0.113. The molecule has 0 heterocycles. The molecule has 0 unspecified atom stereocenters. The van der Waals surface area contributed by atoms with Crippen LogP contribution in [0.15, 0.2) is 10.5 Å². The summed E-state index contributed by atoms with van der Waals surface area (Å²) in [6.45, 7) is 5.96. The Bertz CT molecular complexity index is 404. The minimum absolute atomic E-state index is 0.0234. The Morgan fingerprint density at radius 1 is 1.40 bits per heavy atom. The summed E-state index contributed by atoms with van der Waals surface area (Å²) in [4.78, 5) is 11.2. The zero-order valence-corrected chi connectivity index (χ0v) is 11.3. The number of hydrogen-bond acceptors (Lipinski definition) is 1. The van der Waals surface area contributed by atoms with Gasteiger partial charge in [0.1, 0.15) is 5.88 Å². The fourth-order valence-corrected chi connectivity index (χ4v) is 1.91. The van der Waals surface area contributed by atoms with Crippen molar-refractivity contribution < 1.29 is 4.79 Å². The molecule has 1 aromatic rings. The van der Waals surface area contributed by atoms with Crippen molar-refractivity contribution in [3.63, 3.8) is 0 Å². The van der Waals surface area contributed by atoms with Gasteiger partial charge in [-0.2, -0.15) is 0 Å². The van der Waals surface area contributed by atoms with Crippen LogP contribution in [0.3, 0.4) is 0 Å². The molecule has 0 bridgehead atoms. The van der Waals surface area contributed by atoms with Gasteiger partial charge in [0.05, 0.1) is 0 Å². The number of aryl methyl sites for hydroxylation is 2. The van der Waals surface area contributed by atoms with Crippen molar-refractivity contribution >= 4 is 39.1 Å². The largest absolute Gasteiger partial charge is 0.325 e. The first-order valence-corrected chi connectivity index (χ1v) is 5.92. The zero-order valence-electron chi connectivity index (χ0n) is 8.95. The maximum absolute atomic E-state index is 11.2. The summed E-state index contributed by atoms with van der Waals surface area (Å²) in [6, 6.07) is 2.03. The van der Waals surface area contributed by atoms with Gasteiger partial charge >= 0.3 is 0 Å². The summed E-state index contributed by atoms with van der Waals surface area (Å²) in [6.07, 6.45) is 0. The number of rotatable bonds is 2. The standard InChI is InChI=1S/C11H13BrClNO/c1-6-4-7(2)11(8(3)10(6)12)14-9(15)5-13/h4H,5H2,1-3H3,(H,14,15). The predicted octanol–water partition coefficient (Wildman–Crippen LogP) is 3.55. The minimum atomic E-state index is -0.182. The van der Waals surface area contributed by atoms with Crippen molar-refractivity contribution in [2.75, 3.05) is 11.2 Å². The van der Waals surface area contributed by atoms with Crippen molar-refractivity contribution in [2.24, 2.45) is 0 Å². The Balaban J connectivity index is 3.18. The van der Waals surface area contributed by atoms with Crippen LogP contribution in [0.4, 0.5) is 5.69 Å². The lowest BCUT2D eigenvalue weighted by Gasteiger charge is -2.14. The topological polar surface area (TPSA) is 29.1 Å². The summed E-state index contributed by atoms with van der Waals surface area (Å²) in [5.41, 5.74) is 4.09. The van der Waals surface area contributed by atoms with E-state index in [0.717, 1.165) is 26.9 Å². The second kappa shape index (κ2) is 4.99. The fraction of sp³-hybridized carbons (Fsp3) is 0.364. The molecule has 4 heteroatoms. The Hall–Kier alpha value is -0.540. The molecule has 0 radical (unpaired) electrons. The van der Waals surface area contributed by atoms with Crippen LogP contribution in [0.2, 0.25) is 0 Å². The number of halogens is 2. The highest BCUT2D eigenvalue weighted by Crippen LogP contribution is 2.30. The molecule has 0 fully saturated rings. The van der Waals surface area contributed by atoms with Crippen molar-refractivity contribution in [3.05, 3.63) is 27.2 Å². The number of benzene rings is 1. The monoisotopic (exact) mass is 289 g/mol. The highest BCUT2D eigenvalue weighted by molar-refractivity contribution is 9.10. The van der Waals surface area contributed by atoms with Crippen LogP contribution in [0, 0.1) is 20.8 Å². The van der Waals surface area contributed by atoms with Crippen LogP contribution in [0.25, 0.3) is 0 Å². The third-order valence-corrected chi connectivity index (χ3v) is 3.73. The molecule has 0 aliphatic rings. The fourth-order valence-electron chi connectivity index (χ4n) is 1.53. The maximum Gasteiger partial charge on any atom is 0.239 e. The maximum atomic E-state index is 11.2. The summed E-state index contributed by atoms with van der Waals surface area (Å²) in [5.74, 6) is -0.205. The number of anilines is 1. The van der Waals surface area contributed by atoms with Gasteiger partial charge in [-0.05, 0) is 37.5 Å². The molecule has 0 atom stereocenters. The molecule has 1 aromatic carbocycles. The first kappa shape index (κ1) is 12.5. The molecular formula is C11H13BrClNO. The summed E-state index contributed by atoms with van der Waals surface area (Å²) >= 11 is 8.95. The molecule has 0 aromatic heterocycles. The SMILES string of the molecule is Cc1cc(C)c(NC(=O)CCl)c(C)c1Br. The first-order valence-electron chi connectivity index (χ1n) is 4.59. The molecule has 0 spiro atoms. The van der Waals surface area contributed by atoms with Crippen LogP contribution >= 0.6 is 27.5 Å². The van der Waals surface area contributed by atoms with Gasteiger partial charge in [0, 0.05) is 10.2 Å². The van der Waals surface area contributed by atoms with Crippen molar-refractivity contribution in [1.29, 1.82) is 0 Å². The summed E-state index contributed by atoms with van der Waals surface area (Å²) in [7, 11) is 0. The van der Waals surface area contributed by atoms with Gasteiger partial charge in [-0.1, -0.05) is 22.0 Å². The number of carbonyl (C=O) groups is 1. The van der Waals surface area contributed by atoms with Gasteiger partial charge in [-0.3, -0.25) is 4.79 Å². The Morgan fingerprint density at radius 3 is 2.53 bits per heavy atom. The third-order valence-electron chi connectivity index (χ3n) is 2.26. The second-order valence-corrected chi connectivity index (χ2v) is 4.57. The smallest absolute Gasteiger partial charge is 0.239 e. The molecule has 0 saturated carbocycles. The van der Waals surface area contributed by atoms with Crippen LogP contribution in [0.5, 0.6) is 0 Å². The Morgan fingerprint density at radius 2 is 2.00 bits per heavy atom. The van der Waals surface area contributed by atoms with E-state index in [1.165, 1.54) is 0 Å². The Labute approximate surface area is 103 Å². The number of amides is 1. The van der Waals surface area contributed by atoms with Gasteiger partial charge < -0.3 is 5.32 Å². The molecule has 0 aliphatic carbocycles. The molecular weight excluding hydrogens is 277 g/mol. The van der Waals surface area contributed by atoms with Crippen molar-refractivity contribution in [1.82, 2.24) is 0 Å². The summed E-state index contributed by atoms with van der Waals surface area (Å²) in [5, 5.41) is 2.80. The first-order chi connectivity index (χ1) is 6.97. The second-order valence-electron chi connectivity index (χ2n) is 3.51. The molecule has 2 nitrogen and oxygen atoms in total. The van der Waals surface area contributed by atoms with Crippen molar-refractivity contribution in [3.8, 4) is 0 Å².